The number of nitrogens with two attached hydrogens (primary N) is 1. The predicted octanol–water partition coefficient (Wildman–Crippen LogP) is 4.21. The fourth-order valence-corrected chi connectivity index (χ4v) is 5.14. The summed E-state index contributed by atoms with van der Waals surface area (Å²) in [6, 6.07) is 1.58. The molecule has 2 aliphatic rings. The molecule has 3 atom stereocenters. The van der Waals surface area contributed by atoms with Crippen LogP contribution in [0.3, 0.4) is 0 Å². The number of carbonyl (C=O) groups is 1. The Kier molecular flexibility index (Phi) is 9.37. The van der Waals surface area contributed by atoms with Crippen LogP contribution < -0.4 is 15.8 Å². The van der Waals surface area contributed by atoms with Crippen molar-refractivity contribution in [3.8, 4) is 5.88 Å². The molecule has 1 heterocycles. The Balaban J connectivity index is 1.95. The maximum atomic E-state index is 12.9. The maximum absolute atomic E-state index is 12.9. The smallest absolute Gasteiger partial charge is 0.217 e. The number of aromatic nitrogens is 2. The summed E-state index contributed by atoms with van der Waals surface area (Å²) in [5.41, 5.74) is 5.32. The van der Waals surface area contributed by atoms with Crippen molar-refractivity contribution in [2.75, 3.05) is 13.6 Å². The summed E-state index contributed by atoms with van der Waals surface area (Å²) in [5.74, 6) is 0.663. The minimum atomic E-state index is -0.888. The van der Waals surface area contributed by atoms with Gasteiger partial charge in [-0.05, 0) is 83.7 Å². The van der Waals surface area contributed by atoms with Crippen molar-refractivity contribution in [1.82, 2.24) is 15.3 Å². The van der Waals surface area contributed by atoms with Crippen LogP contribution in [0, 0.1) is 22.2 Å². The third-order valence-corrected chi connectivity index (χ3v) is 7.52. The van der Waals surface area contributed by atoms with Gasteiger partial charge in [-0.3, -0.25) is 15.6 Å². The minimum Gasteiger partial charge on any atom is -0.511 e. The Labute approximate surface area is 213 Å². The normalized spacial score (nSPS) is 22.1. The summed E-state index contributed by atoms with van der Waals surface area (Å²) in [6.07, 6.45) is 9.12. The lowest BCUT2D eigenvalue weighted by Gasteiger charge is -2.39. The van der Waals surface area contributed by atoms with Gasteiger partial charge in [0.15, 0.2) is 5.82 Å². The largest absolute Gasteiger partial charge is 0.511 e. The summed E-state index contributed by atoms with van der Waals surface area (Å²) in [6.45, 7) is 5.03. The summed E-state index contributed by atoms with van der Waals surface area (Å²) in [7, 11) is 1.93. The third-order valence-electron chi connectivity index (χ3n) is 7.52. The van der Waals surface area contributed by atoms with Gasteiger partial charge in [-0.2, -0.15) is 4.98 Å². The fourth-order valence-electron chi connectivity index (χ4n) is 5.14. The van der Waals surface area contributed by atoms with Crippen LogP contribution in [-0.2, 0) is 4.79 Å². The first-order chi connectivity index (χ1) is 17.2. The second-order valence-electron chi connectivity index (χ2n) is 10.0. The SMILES string of the molecule is CNCCC[C@H](C)[C@H](C)Oc1cc(C(=N)/C=C\N)nc(C(=N)C2=C(O)[C@]3(CCCCC3=O)CCC2)n1. The van der Waals surface area contributed by atoms with E-state index in [1.807, 2.05) is 14.0 Å². The van der Waals surface area contributed by atoms with Gasteiger partial charge in [0, 0.05) is 18.1 Å². The molecule has 0 aromatic carbocycles. The summed E-state index contributed by atoms with van der Waals surface area (Å²) in [5, 5.41) is 31.6. The van der Waals surface area contributed by atoms with Crippen LogP contribution in [0.5, 0.6) is 5.88 Å². The number of hydrogen-bond donors (Lipinski definition) is 5. The number of aliphatic hydroxyl groups is 1. The highest BCUT2D eigenvalue weighted by Crippen LogP contribution is 2.48. The number of nitrogens with zero attached hydrogens (tertiary/aromatic N) is 2. The number of aliphatic hydroxyl groups excluding tert-OH is 1. The predicted molar refractivity (Wildman–Crippen MR) is 141 cm³/mol. The van der Waals surface area contributed by atoms with Gasteiger partial charge in [0.25, 0.3) is 0 Å². The second-order valence-corrected chi connectivity index (χ2v) is 10.0. The summed E-state index contributed by atoms with van der Waals surface area (Å²) >= 11 is 0. The molecule has 0 unspecified atom stereocenters. The van der Waals surface area contributed by atoms with E-state index in [0.717, 1.165) is 32.2 Å². The highest BCUT2D eigenvalue weighted by molar-refractivity contribution is 6.11. The number of nitrogens with one attached hydrogen (secondary N) is 3. The zero-order valence-electron chi connectivity index (χ0n) is 21.7. The van der Waals surface area contributed by atoms with Gasteiger partial charge in [0.1, 0.15) is 23.4 Å². The number of ketones is 1. The molecule has 3 rings (SSSR count). The van der Waals surface area contributed by atoms with Gasteiger partial charge in [0.05, 0.1) is 16.8 Å². The van der Waals surface area contributed by atoms with Gasteiger partial charge in [0.2, 0.25) is 5.88 Å². The quantitative estimate of drug-likeness (QED) is 0.227. The molecule has 1 aromatic heterocycles. The Hall–Kier alpha value is -3.07. The van der Waals surface area contributed by atoms with Gasteiger partial charge < -0.3 is 20.9 Å². The van der Waals surface area contributed by atoms with Crippen LogP contribution in [0.2, 0.25) is 0 Å². The Morgan fingerprint density at radius 3 is 2.69 bits per heavy atom. The minimum absolute atomic E-state index is 0.00313. The lowest BCUT2D eigenvalue weighted by atomic mass is 9.64. The van der Waals surface area contributed by atoms with Gasteiger partial charge in [-0.1, -0.05) is 13.3 Å². The number of ether oxygens (including phenoxy) is 1. The fraction of sp³-hybridized carbons (Fsp3) is 0.593. The molecule has 1 spiro atoms. The van der Waals surface area contributed by atoms with E-state index in [0.29, 0.717) is 37.7 Å². The van der Waals surface area contributed by atoms with Crippen LogP contribution >= 0.6 is 0 Å². The van der Waals surface area contributed by atoms with Crippen molar-refractivity contribution < 1.29 is 14.6 Å². The van der Waals surface area contributed by atoms with Crippen LogP contribution in [0.4, 0.5) is 0 Å². The van der Waals surface area contributed by atoms with Crippen molar-refractivity contribution in [2.45, 2.75) is 77.7 Å². The van der Waals surface area contributed by atoms with Crippen molar-refractivity contribution in [3.05, 3.63) is 41.2 Å². The van der Waals surface area contributed by atoms with Crippen molar-refractivity contribution >= 4 is 17.2 Å². The van der Waals surface area contributed by atoms with Crippen LogP contribution in [0.15, 0.2) is 29.7 Å². The molecule has 0 aliphatic heterocycles. The first-order valence-electron chi connectivity index (χ1n) is 13.0. The number of allylic oxidation sites excluding steroid dienone is 3. The highest BCUT2D eigenvalue weighted by atomic mass is 16.5. The molecular formula is C27H40N6O3. The van der Waals surface area contributed by atoms with Gasteiger partial charge >= 0.3 is 0 Å². The number of Topliss-reactive ketones (excluding diaryl/α,β-unsaturated/α-hetero) is 1. The third kappa shape index (κ3) is 6.00. The lowest BCUT2D eigenvalue weighted by molar-refractivity contribution is -0.131. The van der Waals surface area contributed by atoms with Crippen LogP contribution in [0.1, 0.15) is 83.2 Å². The Morgan fingerprint density at radius 2 is 2.00 bits per heavy atom. The number of rotatable bonds is 11. The van der Waals surface area contributed by atoms with E-state index in [1.54, 1.807) is 6.07 Å². The molecule has 0 saturated heterocycles. The molecule has 2 aliphatic carbocycles. The second kappa shape index (κ2) is 12.3. The molecule has 6 N–H and O–H groups in total. The summed E-state index contributed by atoms with van der Waals surface area (Å²) in [4.78, 5) is 21.8. The monoisotopic (exact) mass is 496 g/mol. The number of hydrogen-bond acceptors (Lipinski definition) is 9. The van der Waals surface area contributed by atoms with E-state index in [-0.39, 0.29) is 52.4 Å². The van der Waals surface area contributed by atoms with E-state index in [4.69, 9.17) is 21.3 Å². The Bertz CT molecular complexity index is 1050. The lowest BCUT2D eigenvalue weighted by Crippen LogP contribution is -2.39. The molecule has 9 nitrogen and oxygen atoms in total. The van der Waals surface area contributed by atoms with Crippen LogP contribution in [0.25, 0.3) is 0 Å². The van der Waals surface area contributed by atoms with Crippen molar-refractivity contribution in [1.29, 1.82) is 10.8 Å². The molecular weight excluding hydrogens is 456 g/mol. The molecule has 0 amide bonds. The molecule has 36 heavy (non-hydrogen) atoms. The highest BCUT2D eigenvalue weighted by Gasteiger charge is 2.47. The van der Waals surface area contributed by atoms with Gasteiger partial charge in [-0.25, -0.2) is 4.98 Å². The van der Waals surface area contributed by atoms with E-state index in [1.165, 1.54) is 12.3 Å². The average Bonchev–Trinajstić information content (AvgIpc) is 2.87. The molecule has 0 radical (unpaired) electrons. The molecule has 1 fully saturated rings. The zero-order valence-corrected chi connectivity index (χ0v) is 21.7. The standard InChI is InChI=1S/C27H40N6O3/c1-17(8-7-15-31-3)18(2)36-23-16-21(20(29)11-14-28)32-26(33-23)24(30)19-9-6-13-27(25(19)35)12-5-4-10-22(27)34/h11,14,16-18,29-31,35H,4-10,12-13,15,28H2,1-3H3/b14-11-,29-20?,30-24?/t17-,18-,27+/m0/s1. The molecule has 0 bridgehead atoms. The van der Waals surface area contributed by atoms with E-state index in [9.17, 15) is 9.90 Å². The van der Waals surface area contributed by atoms with Crippen molar-refractivity contribution in [3.63, 3.8) is 0 Å². The average molecular weight is 497 g/mol. The topological polar surface area (TPSA) is 158 Å². The first-order valence-corrected chi connectivity index (χ1v) is 13.0. The van der Waals surface area contributed by atoms with Crippen molar-refractivity contribution in [2.24, 2.45) is 17.1 Å². The van der Waals surface area contributed by atoms with E-state index >= 15 is 0 Å². The first kappa shape index (κ1) is 27.5. The van der Waals surface area contributed by atoms with E-state index < -0.39 is 5.41 Å². The molecule has 1 aromatic rings. The summed E-state index contributed by atoms with van der Waals surface area (Å²) < 4.78 is 6.15. The maximum Gasteiger partial charge on any atom is 0.217 e. The molecule has 196 valence electrons. The zero-order chi connectivity index (χ0) is 26.3. The van der Waals surface area contributed by atoms with Crippen LogP contribution in [-0.4, -0.2) is 52.0 Å². The molecule has 9 heteroatoms. The van der Waals surface area contributed by atoms with E-state index in [2.05, 4.69) is 22.2 Å². The Morgan fingerprint density at radius 1 is 1.25 bits per heavy atom. The molecule has 1 saturated carbocycles. The van der Waals surface area contributed by atoms with Gasteiger partial charge in [-0.15, -0.1) is 0 Å². The number of carbonyl (C=O) groups excluding carboxylic acids is 1.